The number of nitrogens with zero attached hydrogens (tertiary/aromatic N) is 3. The van der Waals surface area contributed by atoms with Gasteiger partial charge in [-0.3, -0.25) is 14.4 Å². The second-order valence-corrected chi connectivity index (χ2v) is 9.73. The Morgan fingerprint density at radius 3 is 2.39 bits per heavy atom. The molecule has 33 heavy (non-hydrogen) atoms. The number of carbonyl (C=O) groups excluding carboxylic acids is 1. The summed E-state index contributed by atoms with van der Waals surface area (Å²) in [6.07, 6.45) is 0.907. The number of hydrogen-bond acceptors (Lipinski definition) is 6. The highest BCUT2D eigenvalue weighted by molar-refractivity contribution is 7.89. The summed E-state index contributed by atoms with van der Waals surface area (Å²) in [6, 6.07) is 10.2. The Hall–Kier alpha value is -3.44. The highest BCUT2D eigenvalue weighted by atomic mass is 32.2. The molecular formula is C22H24N4O6S. The van der Waals surface area contributed by atoms with Crippen LogP contribution in [0.15, 0.2) is 56.9 Å². The van der Waals surface area contributed by atoms with Crippen molar-refractivity contribution in [1.29, 1.82) is 0 Å². The van der Waals surface area contributed by atoms with E-state index < -0.39 is 33.1 Å². The van der Waals surface area contributed by atoms with Crippen molar-refractivity contribution in [2.45, 2.75) is 23.8 Å². The fourth-order valence-corrected chi connectivity index (χ4v) is 5.79. The lowest BCUT2D eigenvalue weighted by molar-refractivity contribution is -0.119. The third-order valence-electron chi connectivity index (χ3n) is 5.94. The molecule has 1 atom stereocenters. The van der Waals surface area contributed by atoms with E-state index in [4.69, 9.17) is 4.74 Å². The molecule has 2 heterocycles. The molecule has 1 aliphatic heterocycles. The first-order valence-electron chi connectivity index (χ1n) is 10.3. The van der Waals surface area contributed by atoms with Gasteiger partial charge in [0.1, 0.15) is 11.8 Å². The van der Waals surface area contributed by atoms with E-state index in [2.05, 4.69) is 5.32 Å². The van der Waals surface area contributed by atoms with Crippen LogP contribution in [0.1, 0.15) is 12.8 Å². The summed E-state index contributed by atoms with van der Waals surface area (Å²) >= 11 is 0. The van der Waals surface area contributed by atoms with E-state index in [0.717, 1.165) is 4.57 Å². The van der Waals surface area contributed by atoms with Crippen molar-refractivity contribution in [3.8, 4) is 5.75 Å². The lowest BCUT2D eigenvalue weighted by atomic mass is 10.2. The topological polar surface area (TPSA) is 120 Å². The van der Waals surface area contributed by atoms with E-state index in [-0.39, 0.29) is 11.4 Å². The van der Waals surface area contributed by atoms with Crippen LogP contribution in [0.2, 0.25) is 0 Å². The lowest BCUT2D eigenvalue weighted by Crippen LogP contribution is -2.43. The van der Waals surface area contributed by atoms with Crippen LogP contribution in [0.4, 0.5) is 5.69 Å². The minimum absolute atomic E-state index is 0.0550. The van der Waals surface area contributed by atoms with Gasteiger partial charge in [0.2, 0.25) is 15.9 Å². The van der Waals surface area contributed by atoms with Crippen LogP contribution in [0, 0.1) is 0 Å². The van der Waals surface area contributed by atoms with Gasteiger partial charge in [-0.05, 0) is 43.2 Å². The van der Waals surface area contributed by atoms with Gasteiger partial charge >= 0.3 is 11.1 Å². The largest absolute Gasteiger partial charge is 0.495 e. The van der Waals surface area contributed by atoms with Gasteiger partial charge in [-0.2, -0.15) is 4.31 Å². The molecule has 2 aromatic carbocycles. The van der Waals surface area contributed by atoms with Crippen LogP contribution >= 0.6 is 0 Å². The Morgan fingerprint density at radius 1 is 1.03 bits per heavy atom. The van der Waals surface area contributed by atoms with Gasteiger partial charge in [-0.25, -0.2) is 8.42 Å². The lowest BCUT2D eigenvalue weighted by Gasteiger charge is -2.24. The third kappa shape index (κ3) is 3.83. The number of anilines is 1. The highest BCUT2D eigenvalue weighted by Gasteiger charge is 2.39. The fourth-order valence-electron chi connectivity index (χ4n) is 4.11. The van der Waals surface area contributed by atoms with Gasteiger partial charge in [0.05, 0.1) is 28.7 Å². The second kappa shape index (κ2) is 8.49. The zero-order valence-corrected chi connectivity index (χ0v) is 19.3. The highest BCUT2D eigenvalue weighted by Crippen LogP contribution is 2.30. The number of aromatic nitrogens is 2. The summed E-state index contributed by atoms with van der Waals surface area (Å²) in [5, 5.41) is 2.76. The van der Waals surface area contributed by atoms with E-state index in [9.17, 15) is 22.8 Å². The molecule has 1 aliphatic rings. The van der Waals surface area contributed by atoms with Gasteiger partial charge in [0.15, 0.2) is 0 Å². The molecule has 0 bridgehead atoms. The van der Waals surface area contributed by atoms with E-state index in [1.165, 1.54) is 48.3 Å². The molecule has 0 spiro atoms. The zero-order chi connectivity index (χ0) is 23.9. The molecule has 174 valence electrons. The Bertz CT molecular complexity index is 1470. The first-order valence-corrected chi connectivity index (χ1v) is 11.8. The van der Waals surface area contributed by atoms with Crippen LogP contribution in [0.5, 0.6) is 5.75 Å². The number of aryl methyl sites for hydroxylation is 2. The Labute approximate surface area is 190 Å². The van der Waals surface area contributed by atoms with E-state index in [0.29, 0.717) is 35.3 Å². The van der Waals surface area contributed by atoms with E-state index >= 15 is 0 Å². The average molecular weight is 473 g/mol. The van der Waals surface area contributed by atoms with Crippen molar-refractivity contribution < 1.29 is 17.9 Å². The summed E-state index contributed by atoms with van der Waals surface area (Å²) in [6.45, 7) is 0.191. The minimum Gasteiger partial charge on any atom is -0.495 e. The second-order valence-electron chi connectivity index (χ2n) is 7.84. The van der Waals surface area contributed by atoms with Gasteiger partial charge in [-0.15, -0.1) is 0 Å². The summed E-state index contributed by atoms with van der Waals surface area (Å²) in [7, 11) is 0.316. The molecule has 0 aliphatic carbocycles. The number of rotatable bonds is 5. The van der Waals surface area contributed by atoms with Crippen molar-refractivity contribution in [2.24, 2.45) is 14.1 Å². The number of nitrogens with one attached hydrogen (secondary N) is 1. The van der Waals surface area contributed by atoms with Gasteiger partial charge < -0.3 is 19.2 Å². The molecule has 1 N–H and O–H groups in total. The van der Waals surface area contributed by atoms with Crippen LogP contribution < -0.4 is 21.2 Å². The number of sulfonamides is 1. The molecule has 1 unspecified atom stereocenters. The standard InChI is InChI=1S/C22H24N4O6S/c1-24-16-11-10-14(13-18(16)25(2)22(29)21(24)28)33(30,31)26-12-6-8-17(26)20(27)23-15-7-4-5-9-19(15)32-3/h4-5,7,9-11,13,17H,6,8,12H2,1-3H3,(H,23,27). The molecule has 3 aromatic rings. The Balaban J connectivity index is 1.70. The minimum atomic E-state index is -4.05. The van der Waals surface area contributed by atoms with Crippen LogP contribution in [0.3, 0.4) is 0 Å². The maximum Gasteiger partial charge on any atom is 0.316 e. The van der Waals surface area contributed by atoms with Crippen molar-refractivity contribution in [3.63, 3.8) is 0 Å². The molecular weight excluding hydrogens is 448 g/mol. The van der Waals surface area contributed by atoms with Crippen LogP contribution in [-0.2, 0) is 28.9 Å². The number of benzene rings is 2. The van der Waals surface area contributed by atoms with Crippen LogP contribution in [-0.4, -0.2) is 47.5 Å². The summed E-state index contributed by atoms with van der Waals surface area (Å²) < 4.78 is 35.7. The molecule has 1 amide bonds. The first-order chi connectivity index (χ1) is 15.7. The summed E-state index contributed by atoms with van der Waals surface area (Å²) in [5.41, 5.74) is -0.274. The number of carbonyl (C=O) groups is 1. The van der Waals surface area contributed by atoms with E-state index in [1.54, 1.807) is 24.3 Å². The summed E-state index contributed by atoms with van der Waals surface area (Å²) in [5.74, 6) is 0.0236. The maximum absolute atomic E-state index is 13.5. The summed E-state index contributed by atoms with van der Waals surface area (Å²) in [4.78, 5) is 37.2. The molecule has 4 rings (SSSR count). The predicted octanol–water partition coefficient (Wildman–Crippen LogP) is 1.04. The van der Waals surface area contributed by atoms with Crippen molar-refractivity contribution >= 4 is 32.7 Å². The fraction of sp³-hybridized carbons (Fsp3) is 0.318. The third-order valence-corrected chi connectivity index (χ3v) is 7.84. The molecule has 10 nitrogen and oxygen atoms in total. The van der Waals surface area contributed by atoms with Crippen molar-refractivity contribution in [1.82, 2.24) is 13.4 Å². The quantitative estimate of drug-likeness (QED) is 0.554. The van der Waals surface area contributed by atoms with Crippen molar-refractivity contribution in [2.75, 3.05) is 19.0 Å². The maximum atomic E-state index is 13.5. The number of ether oxygens (including phenoxy) is 1. The molecule has 0 radical (unpaired) electrons. The average Bonchev–Trinajstić information content (AvgIpc) is 3.32. The Morgan fingerprint density at radius 2 is 1.70 bits per heavy atom. The molecule has 1 aromatic heterocycles. The van der Waals surface area contributed by atoms with Gasteiger partial charge in [-0.1, -0.05) is 12.1 Å². The molecule has 1 fully saturated rings. The number of methoxy groups -OCH3 is 1. The first kappa shape index (κ1) is 22.7. The molecule has 0 saturated carbocycles. The predicted molar refractivity (Wildman–Crippen MR) is 123 cm³/mol. The number of amides is 1. The van der Waals surface area contributed by atoms with E-state index in [1.807, 2.05) is 0 Å². The SMILES string of the molecule is COc1ccccc1NC(=O)C1CCCN1S(=O)(=O)c1ccc2c(c1)n(C)c(=O)c(=O)n2C. The monoisotopic (exact) mass is 472 g/mol. The van der Waals surface area contributed by atoms with Gasteiger partial charge in [0.25, 0.3) is 0 Å². The Kier molecular flexibility index (Phi) is 5.85. The smallest absolute Gasteiger partial charge is 0.316 e. The number of fused-ring (bicyclic) bond motifs is 1. The number of hydrogen-bond donors (Lipinski definition) is 1. The van der Waals surface area contributed by atoms with Crippen molar-refractivity contribution in [3.05, 3.63) is 63.2 Å². The molecule has 1 saturated heterocycles. The van der Waals surface area contributed by atoms with Gasteiger partial charge in [0, 0.05) is 20.6 Å². The van der Waals surface area contributed by atoms with Crippen LogP contribution in [0.25, 0.3) is 11.0 Å². The normalized spacial score (nSPS) is 16.8. The number of para-hydroxylation sites is 2. The zero-order valence-electron chi connectivity index (χ0n) is 18.4. The molecule has 11 heteroatoms.